The number of ether oxygens (including phenoxy) is 1. The monoisotopic (exact) mass is 348 g/mol. The summed E-state index contributed by atoms with van der Waals surface area (Å²) in [5.41, 5.74) is 12.5. The van der Waals surface area contributed by atoms with Gasteiger partial charge in [-0.15, -0.1) is 0 Å². The smallest absolute Gasteiger partial charge is 0.340 e. The lowest BCUT2D eigenvalue weighted by Gasteiger charge is -2.17. The Labute approximate surface area is 151 Å². The lowest BCUT2D eigenvalue weighted by Crippen LogP contribution is -2.12. The van der Waals surface area contributed by atoms with Crippen molar-refractivity contribution in [3.63, 3.8) is 0 Å². The summed E-state index contributed by atoms with van der Waals surface area (Å²) in [5.74, 6) is -0.397. The van der Waals surface area contributed by atoms with E-state index in [2.05, 4.69) is 9.97 Å². The minimum absolute atomic E-state index is 0.296. The Kier molecular flexibility index (Phi) is 4.03. The highest BCUT2D eigenvalue weighted by Crippen LogP contribution is 2.39. The first kappa shape index (κ1) is 16.4. The molecule has 0 saturated carbocycles. The molecule has 0 amide bonds. The van der Waals surface area contributed by atoms with E-state index in [1.807, 2.05) is 19.1 Å². The maximum Gasteiger partial charge on any atom is 0.340 e. The Morgan fingerprint density at radius 1 is 1.23 bits per heavy atom. The zero-order valence-corrected chi connectivity index (χ0v) is 14.9. The molecule has 1 aliphatic carbocycles. The zero-order chi connectivity index (χ0) is 18.3. The third-order valence-electron chi connectivity index (χ3n) is 4.83. The van der Waals surface area contributed by atoms with Crippen molar-refractivity contribution in [1.82, 2.24) is 15.0 Å². The number of hydrogen-bond donors (Lipinski definition) is 1. The van der Waals surface area contributed by atoms with E-state index in [1.165, 1.54) is 0 Å². The maximum atomic E-state index is 12.7. The topological polar surface area (TPSA) is 91.0 Å². The number of nitrogen functional groups attached to an aromatic ring is 1. The summed E-state index contributed by atoms with van der Waals surface area (Å²) in [6.45, 7) is 3.89. The molecule has 0 saturated heterocycles. The fourth-order valence-corrected chi connectivity index (χ4v) is 3.70. The van der Waals surface area contributed by atoms with Crippen molar-refractivity contribution in [1.29, 1.82) is 0 Å². The molecule has 3 aromatic rings. The molecule has 2 N–H and O–H groups in total. The number of carbonyl (C=O) groups excluding carboxylic acids is 1. The summed E-state index contributed by atoms with van der Waals surface area (Å²) in [4.78, 5) is 26.1. The molecule has 3 aromatic heterocycles. The van der Waals surface area contributed by atoms with Crippen LogP contribution >= 0.6 is 0 Å². The van der Waals surface area contributed by atoms with Crippen molar-refractivity contribution in [3.8, 4) is 11.1 Å². The van der Waals surface area contributed by atoms with Crippen LogP contribution in [0, 0.1) is 6.92 Å². The summed E-state index contributed by atoms with van der Waals surface area (Å²) >= 11 is 0. The standard InChI is InChI=1S/C20H20N4O2/c1-3-26-20(25)15-11(2)23-19-17(16(15)12-7-9-22-10-8-12)18(21)13-5-4-6-14(13)24-19/h7-10H,3-6H2,1-2H3,(H2,21,23,24). The van der Waals surface area contributed by atoms with Crippen LogP contribution in [0.15, 0.2) is 24.5 Å². The van der Waals surface area contributed by atoms with Crippen molar-refractivity contribution in [2.75, 3.05) is 12.3 Å². The van der Waals surface area contributed by atoms with Gasteiger partial charge in [-0.2, -0.15) is 0 Å². The first-order valence-corrected chi connectivity index (χ1v) is 8.80. The second-order valence-corrected chi connectivity index (χ2v) is 6.41. The van der Waals surface area contributed by atoms with Crippen LogP contribution < -0.4 is 5.73 Å². The molecule has 0 aliphatic heterocycles. The van der Waals surface area contributed by atoms with Crippen LogP contribution in [0.5, 0.6) is 0 Å². The third-order valence-corrected chi connectivity index (χ3v) is 4.83. The molecule has 3 heterocycles. The highest BCUT2D eigenvalue weighted by molar-refractivity contribution is 6.11. The van der Waals surface area contributed by atoms with E-state index in [9.17, 15) is 4.79 Å². The van der Waals surface area contributed by atoms with Crippen molar-refractivity contribution in [3.05, 3.63) is 47.0 Å². The largest absolute Gasteiger partial charge is 0.462 e. The van der Waals surface area contributed by atoms with Gasteiger partial charge in [0.15, 0.2) is 5.65 Å². The van der Waals surface area contributed by atoms with Crippen LogP contribution in [0.3, 0.4) is 0 Å². The van der Waals surface area contributed by atoms with Crippen molar-refractivity contribution < 1.29 is 9.53 Å². The van der Waals surface area contributed by atoms with E-state index < -0.39 is 5.97 Å². The first-order valence-electron chi connectivity index (χ1n) is 8.80. The number of fused-ring (bicyclic) bond motifs is 2. The number of esters is 1. The molecule has 0 bridgehead atoms. The van der Waals surface area contributed by atoms with Crippen LogP contribution in [0.4, 0.5) is 5.69 Å². The molecule has 0 atom stereocenters. The van der Waals surface area contributed by atoms with E-state index in [0.29, 0.717) is 29.2 Å². The predicted molar refractivity (Wildman–Crippen MR) is 99.9 cm³/mol. The molecule has 0 aromatic carbocycles. The summed E-state index contributed by atoms with van der Waals surface area (Å²) in [7, 11) is 0. The fraction of sp³-hybridized carbons (Fsp3) is 0.300. The molecule has 132 valence electrons. The summed E-state index contributed by atoms with van der Waals surface area (Å²) in [5, 5.41) is 0.727. The average Bonchev–Trinajstić information content (AvgIpc) is 3.10. The van der Waals surface area contributed by atoms with E-state index >= 15 is 0 Å². The molecule has 6 heteroatoms. The molecule has 4 rings (SSSR count). The summed E-state index contributed by atoms with van der Waals surface area (Å²) < 4.78 is 5.30. The first-order chi connectivity index (χ1) is 12.6. The quantitative estimate of drug-likeness (QED) is 0.731. The molecular weight excluding hydrogens is 328 g/mol. The third kappa shape index (κ3) is 2.49. The zero-order valence-electron chi connectivity index (χ0n) is 14.9. The number of aromatic nitrogens is 3. The molecule has 26 heavy (non-hydrogen) atoms. The molecule has 1 aliphatic rings. The van der Waals surface area contributed by atoms with Gasteiger partial charge in [0.05, 0.1) is 23.3 Å². The highest BCUT2D eigenvalue weighted by atomic mass is 16.5. The van der Waals surface area contributed by atoms with E-state index in [-0.39, 0.29) is 0 Å². The van der Waals surface area contributed by atoms with Gasteiger partial charge in [-0.25, -0.2) is 14.8 Å². The van der Waals surface area contributed by atoms with Crippen molar-refractivity contribution >= 4 is 22.7 Å². The number of hydrogen-bond acceptors (Lipinski definition) is 6. The minimum atomic E-state index is -0.397. The molecule has 0 fully saturated rings. The van der Waals surface area contributed by atoms with Gasteiger partial charge >= 0.3 is 5.97 Å². The predicted octanol–water partition coefficient (Wildman–Crippen LogP) is 3.25. The van der Waals surface area contributed by atoms with Crippen molar-refractivity contribution in [2.24, 2.45) is 0 Å². The Bertz CT molecular complexity index is 1020. The van der Waals surface area contributed by atoms with Gasteiger partial charge in [0.1, 0.15) is 0 Å². The van der Waals surface area contributed by atoms with Gasteiger partial charge in [-0.05, 0) is 56.4 Å². The molecule has 0 spiro atoms. The lowest BCUT2D eigenvalue weighted by molar-refractivity contribution is 0.0526. The molecule has 6 nitrogen and oxygen atoms in total. The van der Waals surface area contributed by atoms with Crippen LogP contribution in [0.1, 0.15) is 40.7 Å². The van der Waals surface area contributed by atoms with Gasteiger partial charge in [-0.1, -0.05) is 0 Å². The van der Waals surface area contributed by atoms with Crippen LogP contribution in [-0.2, 0) is 17.6 Å². The maximum absolute atomic E-state index is 12.7. The van der Waals surface area contributed by atoms with Gasteiger partial charge in [0.2, 0.25) is 0 Å². The number of nitrogens with zero attached hydrogens (tertiary/aromatic N) is 3. The van der Waals surface area contributed by atoms with Gasteiger partial charge in [0, 0.05) is 29.3 Å². The van der Waals surface area contributed by atoms with E-state index in [4.69, 9.17) is 15.5 Å². The second kappa shape index (κ2) is 6.37. The minimum Gasteiger partial charge on any atom is -0.462 e. The number of aryl methyl sites for hydroxylation is 2. The Balaban J connectivity index is 2.14. The summed E-state index contributed by atoms with van der Waals surface area (Å²) in [6.07, 6.45) is 6.26. The Morgan fingerprint density at radius 3 is 2.73 bits per heavy atom. The van der Waals surface area contributed by atoms with Crippen LogP contribution in [0.25, 0.3) is 22.2 Å². The van der Waals surface area contributed by atoms with Gasteiger partial charge in [0.25, 0.3) is 0 Å². The number of carbonyl (C=O) groups is 1. The number of anilines is 1. The SMILES string of the molecule is CCOC(=O)c1c(C)nc2nc3c(c(N)c2c1-c1ccncc1)CCC3. The normalized spacial score (nSPS) is 13.0. The lowest BCUT2D eigenvalue weighted by atomic mass is 9.94. The van der Waals surface area contributed by atoms with Crippen LogP contribution in [0.2, 0.25) is 0 Å². The molecular formula is C20H20N4O2. The van der Waals surface area contributed by atoms with E-state index in [0.717, 1.165) is 47.0 Å². The highest BCUT2D eigenvalue weighted by Gasteiger charge is 2.26. The van der Waals surface area contributed by atoms with E-state index in [1.54, 1.807) is 19.3 Å². The fourth-order valence-electron chi connectivity index (χ4n) is 3.70. The second-order valence-electron chi connectivity index (χ2n) is 6.41. The molecule has 0 unspecified atom stereocenters. The molecule has 0 radical (unpaired) electrons. The Morgan fingerprint density at radius 2 is 2.00 bits per heavy atom. The summed E-state index contributed by atoms with van der Waals surface area (Å²) in [6, 6.07) is 3.73. The number of rotatable bonds is 3. The van der Waals surface area contributed by atoms with Crippen molar-refractivity contribution in [2.45, 2.75) is 33.1 Å². The average molecular weight is 348 g/mol. The number of pyridine rings is 3. The van der Waals surface area contributed by atoms with Gasteiger partial charge in [-0.3, -0.25) is 4.98 Å². The van der Waals surface area contributed by atoms with Crippen LogP contribution in [-0.4, -0.2) is 27.5 Å². The Hall–Kier alpha value is -3.02. The van der Waals surface area contributed by atoms with Gasteiger partial charge < -0.3 is 10.5 Å². The number of nitrogens with two attached hydrogens (primary N) is 1.